The normalized spacial score (nSPS) is 11.6. The van der Waals surface area contributed by atoms with Gasteiger partial charge in [0.2, 0.25) is 0 Å². The molecule has 0 unspecified atom stereocenters. The van der Waals surface area contributed by atoms with E-state index in [2.05, 4.69) is 29.2 Å². The zero-order valence-corrected chi connectivity index (χ0v) is 13.6. The molecule has 0 spiro atoms. The number of amides is 1. The number of nitrogens with one attached hydrogen (secondary N) is 1. The maximum atomic E-state index is 12.4. The second-order valence-electron chi connectivity index (χ2n) is 6.00. The zero-order chi connectivity index (χ0) is 16.3. The second kappa shape index (κ2) is 6.87. The Hall–Kier alpha value is -1.95. The van der Waals surface area contributed by atoms with E-state index in [1.165, 1.54) is 0 Å². The molecule has 0 atom stereocenters. The van der Waals surface area contributed by atoms with Crippen molar-refractivity contribution in [3.8, 4) is 0 Å². The van der Waals surface area contributed by atoms with Crippen molar-refractivity contribution in [1.82, 2.24) is 20.1 Å². The molecule has 2 aromatic rings. The summed E-state index contributed by atoms with van der Waals surface area (Å²) in [6, 6.07) is 2.02. The van der Waals surface area contributed by atoms with Crippen molar-refractivity contribution in [2.75, 3.05) is 13.2 Å². The van der Waals surface area contributed by atoms with Crippen LogP contribution in [0.25, 0.3) is 11.0 Å². The van der Waals surface area contributed by atoms with Crippen LogP contribution >= 0.6 is 0 Å². The van der Waals surface area contributed by atoms with Gasteiger partial charge in [-0.3, -0.25) is 4.79 Å². The number of aliphatic hydroxyl groups excluding tert-OH is 1. The Bertz CT molecular complexity index is 661. The minimum absolute atomic E-state index is 0.0640. The highest BCUT2D eigenvalue weighted by atomic mass is 16.3. The SMILES string of the molecule is CC(C)c1cc(C(=O)NCCCO)c2cnn(C(C)C)c2n1. The van der Waals surface area contributed by atoms with Gasteiger partial charge in [0, 0.05) is 24.9 Å². The number of aliphatic hydroxyl groups is 1. The second-order valence-corrected chi connectivity index (χ2v) is 6.00. The van der Waals surface area contributed by atoms with E-state index in [0.29, 0.717) is 18.5 Å². The number of rotatable bonds is 6. The molecule has 120 valence electrons. The summed E-state index contributed by atoms with van der Waals surface area (Å²) in [6.07, 6.45) is 2.25. The Morgan fingerprint density at radius 1 is 1.36 bits per heavy atom. The van der Waals surface area contributed by atoms with Crippen molar-refractivity contribution in [1.29, 1.82) is 0 Å². The monoisotopic (exact) mass is 304 g/mol. The lowest BCUT2D eigenvalue weighted by atomic mass is 10.0. The van der Waals surface area contributed by atoms with Gasteiger partial charge >= 0.3 is 0 Å². The van der Waals surface area contributed by atoms with Gasteiger partial charge in [0.05, 0.1) is 17.1 Å². The zero-order valence-electron chi connectivity index (χ0n) is 13.6. The Balaban J connectivity index is 2.49. The Morgan fingerprint density at radius 2 is 2.09 bits per heavy atom. The standard InChI is InChI=1S/C16H24N4O2/c1-10(2)14-8-12(16(22)17-6-5-7-21)13-9-18-20(11(3)4)15(13)19-14/h8-11,21H,5-7H2,1-4H3,(H,17,22). The average Bonchev–Trinajstić information content (AvgIpc) is 2.90. The molecule has 0 saturated carbocycles. The van der Waals surface area contributed by atoms with Gasteiger partial charge in [-0.2, -0.15) is 5.10 Å². The molecule has 0 aromatic carbocycles. The van der Waals surface area contributed by atoms with Gasteiger partial charge in [0.15, 0.2) is 5.65 Å². The van der Waals surface area contributed by atoms with E-state index in [4.69, 9.17) is 5.11 Å². The van der Waals surface area contributed by atoms with Crippen LogP contribution in [0.2, 0.25) is 0 Å². The molecular formula is C16H24N4O2. The number of hydrogen-bond acceptors (Lipinski definition) is 4. The first kappa shape index (κ1) is 16.4. The molecule has 0 bridgehead atoms. The van der Waals surface area contributed by atoms with Crippen molar-refractivity contribution in [2.45, 2.75) is 46.1 Å². The van der Waals surface area contributed by atoms with Gasteiger partial charge in [0.1, 0.15) is 0 Å². The fourth-order valence-corrected chi connectivity index (χ4v) is 2.28. The summed E-state index contributed by atoms with van der Waals surface area (Å²) in [4.78, 5) is 17.1. The fourth-order valence-electron chi connectivity index (χ4n) is 2.28. The minimum Gasteiger partial charge on any atom is -0.396 e. The summed E-state index contributed by atoms with van der Waals surface area (Å²) in [5.74, 6) is 0.0787. The van der Waals surface area contributed by atoms with Crippen LogP contribution in [0.5, 0.6) is 0 Å². The molecule has 2 N–H and O–H groups in total. The molecule has 0 saturated heterocycles. The van der Waals surface area contributed by atoms with Crippen LogP contribution in [0.1, 0.15) is 62.1 Å². The van der Waals surface area contributed by atoms with Crippen LogP contribution in [0.15, 0.2) is 12.3 Å². The van der Waals surface area contributed by atoms with E-state index in [-0.39, 0.29) is 24.5 Å². The molecule has 6 heteroatoms. The molecule has 1 amide bonds. The van der Waals surface area contributed by atoms with Crippen LogP contribution in [0.3, 0.4) is 0 Å². The van der Waals surface area contributed by atoms with Crippen LogP contribution in [-0.2, 0) is 0 Å². The van der Waals surface area contributed by atoms with Gasteiger partial charge < -0.3 is 10.4 Å². The van der Waals surface area contributed by atoms with Crippen molar-refractivity contribution >= 4 is 16.9 Å². The molecule has 0 fully saturated rings. The lowest BCUT2D eigenvalue weighted by molar-refractivity contribution is 0.0952. The van der Waals surface area contributed by atoms with Crippen LogP contribution in [0, 0.1) is 0 Å². The highest BCUT2D eigenvalue weighted by Crippen LogP contribution is 2.24. The molecule has 0 aliphatic carbocycles. The Labute approximate surface area is 130 Å². The van der Waals surface area contributed by atoms with Crippen molar-refractivity contribution < 1.29 is 9.90 Å². The molecule has 2 rings (SSSR count). The lowest BCUT2D eigenvalue weighted by Crippen LogP contribution is -2.25. The van der Waals surface area contributed by atoms with E-state index >= 15 is 0 Å². The topological polar surface area (TPSA) is 80.0 Å². The largest absolute Gasteiger partial charge is 0.396 e. The molecular weight excluding hydrogens is 280 g/mol. The maximum absolute atomic E-state index is 12.4. The number of carbonyl (C=O) groups is 1. The van der Waals surface area contributed by atoms with Gasteiger partial charge in [-0.15, -0.1) is 0 Å². The highest BCUT2D eigenvalue weighted by Gasteiger charge is 2.18. The molecule has 2 heterocycles. The summed E-state index contributed by atoms with van der Waals surface area (Å²) in [6.45, 7) is 8.70. The number of carbonyl (C=O) groups excluding carboxylic acids is 1. The number of fused-ring (bicyclic) bond motifs is 1. The summed E-state index contributed by atoms with van der Waals surface area (Å²) >= 11 is 0. The third kappa shape index (κ3) is 3.27. The Kier molecular flexibility index (Phi) is 5.13. The summed E-state index contributed by atoms with van der Waals surface area (Å²) in [5, 5.41) is 16.8. The van der Waals surface area contributed by atoms with E-state index in [1.54, 1.807) is 6.20 Å². The predicted octanol–water partition coefficient (Wildman–Crippen LogP) is 2.25. The van der Waals surface area contributed by atoms with Crippen LogP contribution in [-0.4, -0.2) is 38.9 Å². The first-order valence-corrected chi connectivity index (χ1v) is 7.73. The molecule has 6 nitrogen and oxygen atoms in total. The molecule has 2 aromatic heterocycles. The van der Waals surface area contributed by atoms with Gasteiger partial charge in [0.25, 0.3) is 5.91 Å². The third-order valence-electron chi connectivity index (χ3n) is 3.53. The summed E-state index contributed by atoms with van der Waals surface area (Å²) < 4.78 is 1.84. The number of pyridine rings is 1. The number of aromatic nitrogens is 3. The fraction of sp³-hybridized carbons (Fsp3) is 0.562. The van der Waals surface area contributed by atoms with Crippen molar-refractivity contribution in [2.24, 2.45) is 0 Å². The van der Waals surface area contributed by atoms with E-state index in [9.17, 15) is 4.79 Å². The molecule has 22 heavy (non-hydrogen) atoms. The van der Waals surface area contributed by atoms with Crippen molar-refractivity contribution in [3.05, 3.63) is 23.5 Å². The first-order chi connectivity index (χ1) is 10.5. The molecule has 0 radical (unpaired) electrons. The quantitative estimate of drug-likeness (QED) is 0.802. The predicted molar refractivity (Wildman–Crippen MR) is 86.0 cm³/mol. The van der Waals surface area contributed by atoms with E-state index in [0.717, 1.165) is 16.7 Å². The third-order valence-corrected chi connectivity index (χ3v) is 3.53. The van der Waals surface area contributed by atoms with Crippen LogP contribution in [0.4, 0.5) is 0 Å². The smallest absolute Gasteiger partial charge is 0.252 e. The Morgan fingerprint density at radius 3 is 2.68 bits per heavy atom. The van der Waals surface area contributed by atoms with Gasteiger partial charge in [-0.1, -0.05) is 13.8 Å². The average molecular weight is 304 g/mol. The number of nitrogens with zero attached hydrogens (tertiary/aromatic N) is 3. The maximum Gasteiger partial charge on any atom is 0.252 e. The lowest BCUT2D eigenvalue weighted by Gasteiger charge is -2.12. The minimum atomic E-state index is -0.147. The summed E-state index contributed by atoms with van der Waals surface area (Å²) in [5.41, 5.74) is 2.22. The van der Waals surface area contributed by atoms with E-state index < -0.39 is 0 Å². The molecule has 0 aliphatic heterocycles. The van der Waals surface area contributed by atoms with Crippen LogP contribution < -0.4 is 5.32 Å². The van der Waals surface area contributed by atoms with Gasteiger partial charge in [-0.25, -0.2) is 9.67 Å². The summed E-state index contributed by atoms with van der Waals surface area (Å²) in [7, 11) is 0. The number of hydrogen-bond donors (Lipinski definition) is 2. The highest BCUT2D eigenvalue weighted by molar-refractivity contribution is 6.05. The van der Waals surface area contributed by atoms with Crippen molar-refractivity contribution in [3.63, 3.8) is 0 Å². The first-order valence-electron chi connectivity index (χ1n) is 7.73. The van der Waals surface area contributed by atoms with E-state index in [1.807, 2.05) is 24.6 Å². The molecule has 0 aliphatic rings. The van der Waals surface area contributed by atoms with Gasteiger partial charge in [-0.05, 0) is 32.3 Å².